The van der Waals surface area contributed by atoms with Crippen molar-refractivity contribution in [3.63, 3.8) is 0 Å². The van der Waals surface area contributed by atoms with Gasteiger partial charge in [-0.05, 0) is 16.8 Å². The second-order valence-electron chi connectivity index (χ2n) is 4.74. The molecule has 2 heteroatoms. The lowest BCUT2D eigenvalue weighted by atomic mass is 10.0. The molecule has 0 saturated heterocycles. The summed E-state index contributed by atoms with van der Waals surface area (Å²) in [6.45, 7) is 10.1. The Hall–Kier alpha value is -2.06. The second-order valence-corrected chi connectivity index (χ2v) is 4.74. The van der Waals surface area contributed by atoms with E-state index in [1.807, 2.05) is 18.2 Å². The summed E-state index contributed by atoms with van der Waals surface area (Å²) in [7, 11) is 1.72. The zero-order valence-electron chi connectivity index (χ0n) is 12.0. The first-order valence-corrected chi connectivity index (χ1v) is 6.79. The quantitative estimate of drug-likeness (QED) is 0.702. The Labute approximate surface area is 121 Å². The van der Waals surface area contributed by atoms with Crippen molar-refractivity contribution in [2.24, 2.45) is 0 Å². The molecule has 104 valence electrons. The van der Waals surface area contributed by atoms with E-state index in [1.54, 1.807) is 7.11 Å². The Morgan fingerprint density at radius 1 is 1.05 bits per heavy atom. The van der Waals surface area contributed by atoms with Crippen LogP contribution in [0.4, 0.5) is 0 Å². The van der Waals surface area contributed by atoms with Gasteiger partial charge in [-0.1, -0.05) is 42.5 Å². The SMILES string of the molecule is C=CCN(CC=C)Cc1c(OC)ccc2ccccc12. The predicted molar refractivity (Wildman–Crippen MR) is 86.2 cm³/mol. The van der Waals surface area contributed by atoms with E-state index in [4.69, 9.17) is 4.74 Å². The Morgan fingerprint density at radius 3 is 2.40 bits per heavy atom. The van der Waals surface area contributed by atoms with Crippen LogP contribution in [-0.4, -0.2) is 25.1 Å². The zero-order valence-corrected chi connectivity index (χ0v) is 12.0. The van der Waals surface area contributed by atoms with E-state index < -0.39 is 0 Å². The molecule has 0 N–H and O–H groups in total. The van der Waals surface area contributed by atoms with E-state index in [0.29, 0.717) is 0 Å². The highest BCUT2D eigenvalue weighted by atomic mass is 16.5. The van der Waals surface area contributed by atoms with Gasteiger partial charge in [-0.3, -0.25) is 4.90 Å². The average Bonchev–Trinajstić information content (AvgIpc) is 2.48. The van der Waals surface area contributed by atoms with E-state index in [9.17, 15) is 0 Å². The van der Waals surface area contributed by atoms with Crippen LogP contribution in [0.5, 0.6) is 5.75 Å². The van der Waals surface area contributed by atoms with E-state index in [0.717, 1.165) is 25.4 Å². The van der Waals surface area contributed by atoms with Crippen LogP contribution < -0.4 is 4.74 Å². The van der Waals surface area contributed by atoms with E-state index in [-0.39, 0.29) is 0 Å². The molecule has 0 heterocycles. The summed E-state index contributed by atoms with van der Waals surface area (Å²) in [4.78, 5) is 2.28. The molecule has 0 bridgehead atoms. The fourth-order valence-corrected chi connectivity index (χ4v) is 2.46. The molecule has 0 unspecified atom stereocenters. The fourth-order valence-electron chi connectivity index (χ4n) is 2.46. The molecule has 2 aromatic carbocycles. The highest BCUT2D eigenvalue weighted by molar-refractivity contribution is 5.87. The van der Waals surface area contributed by atoms with Gasteiger partial charge in [-0.2, -0.15) is 0 Å². The minimum Gasteiger partial charge on any atom is -0.496 e. The first kappa shape index (κ1) is 14.4. The largest absolute Gasteiger partial charge is 0.496 e. The molecular weight excluding hydrogens is 246 g/mol. The molecule has 0 aliphatic heterocycles. The third-order valence-electron chi connectivity index (χ3n) is 3.37. The van der Waals surface area contributed by atoms with Crippen LogP contribution in [0.15, 0.2) is 61.7 Å². The van der Waals surface area contributed by atoms with Crippen LogP contribution in [0.3, 0.4) is 0 Å². The lowest BCUT2D eigenvalue weighted by Crippen LogP contribution is -2.23. The van der Waals surface area contributed by atoms with Gasteiger partial charge in [0.1, 0.15) is 5.75 Å². The first-order chi connectivity index (χ1) is 9.80. The van der Waals surface area contributed by atoms with E-state index in [1.165, 1.54) is 16.3 Å². The third kappa shape index (κ3) is 3.09. The van der Waals surface area contributed by atoms with Crippen LogP contribution in [0.25, 0.3) is 10.8 Å². The number of rotatable bonds is 7. The highest BCUT2D eigenvalue weighted by Gasteiger charge is 2.11. The molecule has 20 heavy (non-hydrogen) atoms. The van der Waals surface area contributed by atoms with E-state index >= 15 is 0 Å². The van der Waals surface area contributed by atoms with Crippen LogP contribution in [0.1, 0.15) is 5.56 Å². The van der Waals surface area contributed by atoms with Gasteiger partial charge < -0.3 is 4.74 Å². The van der Waals surface area contributed by atoms with Gasteiger partial charge in [-0.15, -0.1) is 13.2 Å². The summed E-state index contributed by atoms with van der Waals surface area (Å²) < 4.78 is 5.53. The molecule has 0 radical (unpaired) electrons. The molecule has 0 aromatic heterocycles. The van der Waals surface area contributed by atoms with Crippen LogP contribution >= 0.6 is 0 Å². The average molecular weight is 267 g/mol. The standard InChI is InChI=1S/C18H21NO/c1-4-12-19(13-5-2)14-17-16-9-7-6-8-15(16)10-11-18(17)20-3/h4-11H,1-2,12-14H2,3H3. The van der Waals surface area contributed by atoms with Crippen molar-refractivity contribution >= 4 is 10.8 Å². The lowest BCUT2D eigenvalue weighted by molar-refractivity contribution is 0.319. The summed E-state index contributed by atoms with van der Waals surface area (Å²) in [5, 5.41) is 2.48. The highest BCUT2D eigenvalue weighted by Crippen LogP contribution is 2.29. The molecule has 2 aromatic rings. The topological polar surface area (TPSA) is 12.5 Å². The Balaban J connectivity index is 2.44. The van der Waals surface area contributed by atoms with Crippen molar-refractivity contribution in [2.45, 2.75) is 6.54 Å². The minimum absolute atomic E-state index is 0.822. The van der Waals surface area contributed by atoms with Crippen molar-refractivity contribution in [3.8, 4) is 5.75 Å². The maximum Gasteiger partial charge on any atom is 0.123 e. The Morgan fingerprint density at radius 2 is 1.75 bits per heavy atom. The van der Waals surface area contributed by atoms with Crippen molar-refractivity contribution in [1.82, 2.24) is 4.90 Å². The van der Waals surface area contributed by atoms with Crippen LogP contribution in [0, 0.1) is 0 Å². The number of nitrogens with zero attached hydrogens (tertiary/aromatic N) is 1. The molecule has 0 aliphatic rings. The van der Waals surface area contributed by atoms with Gasteiger partial charge in [-0.25, -0.2) is 0 Å². The van der Waals surface area contributed by atoms with Gasteiger partial charge in [0, 0.05) is 25.2 Å². The number of hydrogen-bond donors (Lipinski definition) is 0. The smallest absolute Gasteiger partial charge is 0.123 e. The molecule has 0 fully saturated rings. The summed E-state index contributed by atoms with van der Waals surface area (Å²) in [5.41, 5.74) is 1.22. The maximum atomic E-state index is 5.53. The molecule has 2 nitrogen and oxygen atoms in total. The predicted octanol–water partition coefficient (Wildman–Crippen LogP) is 4.02. The monoisotopic (exact) mass is 267 g/mol. The number of hydrogen-bond acceptors (Lipinski definition) is 2. The molecular formula is C18H21NO. The van der Waals surface area contributed by atoms with Gasteiger partial charge >= 0.3 is 0 Å². The molecule has 0 aliphatic carbocycles. The van der Waals surface area contributed by atoms with Crippen molar-refractivity contribution in [2.75, 3.05) is 20.2 Å². The molecule has 0 amide bonds. The van der Waals surface area contributed by atoms with Gasteiger partial charge in [0.15, 0.2) is 0 Å². The zero-order chi connectivity index (χ0) is 14.4. The number of benzene rings is 2. The normalized spacial score (nSPS) is 10.7. The van der Waals surface area contributed by atoms with Gasteiger partial charge in [0.25, 0.3) is 0 Å². The Kier molecular flexibility index (Phi) is 4.97. The maximum absolute atomic E-state index is 5.53. The first-order valence-electron chi connectivity index (χ1n) is 6.79. The summed E-state index contributed by atoms with van der Waals surface area (Å²) in [6, 6.07) is 12.5. The number of methoxy groups -OCH3 is 1. The van der Waals surface area contributed by atoms with Crippen molar-refractivity contribution < 1.29 is 4.74 Å². The second kappa shape index (κ2) is 6.92. The molecule has 0 spiro atoms. The summed E-state index contributed by atoms with van der Waals surface area (Å²) >= 11 is 0. The van der Waals surface area contributed by atoms with E-state index in [2.05, 4.69) is 48.4 Å². The molecule has 2 rings (SSSR count). The van der Waals surface area contributed by atoms with Crippen molar-refractivity contribution in [1.29, 1.82) is 0 Å². The fraction of sp³-hybridized carbons (Fsp3) is 0.222. The molecule has 0 saturated carbocycles. The van der Waals surface area contributed by atoms with Gasteiger partial charge in [0.05, 0.1) is 7.11 Å². The Bertz CT molecular complexity index is 593. The number of fused-ring (bicyclic) bond motifs is 1. The lowest BCUT2D eigenvalue weighted by Gasteiger charge is -2.21. The minimum atomic E-state index is 0.822. The van der Waals surface area contributed by atoms with Crippen molar-refractivity contribution in [3.05, 3.63) is 67.3 Å². The van der Waals surface area contributed by atoms with Crippen LogP contribution in [-0.2, 0) is 6.54 Å². The van der Waals surface area contributed by atoms with Crippen LogP contribution in [0.2, 0.25) is 0 Å². The molecule has 0 atom stereocenters. The number of ether oxygens (including phenoxy) is 1. The summed E-state index contributed by atoms with van der Waals surface area (Å²) in [6.07, 6.45) is 3.84. The van der Waals surface area contributed by atoms with Gasteiger partial charge in [0.2, 0.25) is 0 Å². The third-order valence-corrected chi connectivity index (χ3v) is 3.37. The summed E-state index contributed by atoms with van der Waals surface area (Å²) in [5.74, 6) is 0.932.